The number of halogens is 2. The van der Waals surface area contributed by atoms with Crippen molar-refractivity contribution in [2.75, 3.05) is 0 Å². The minimum absolute atomic E-state index is 0. The molecule has 0 amide bonds. The molecule has 0 unspecified atom stereocenters. The van der Waals surface area contributed by atoms with E-state index in [1.54, 1.807) is 6.20 Å². The number of hydrogen-bond acceptors (Lipinski definition) is 2. The van der Waals surface area contributed by atoms with Gasteiger partial charge in [-0.05, 0) is 25.8 Å². The van der Waals surface area contributed by atoms with Crippen molar-refractivity contribution in [2.24, 2.45) is 0 Å². The molecule has 96 valence electrons. The molecule has 0 radical (unpaired) electrons. The van der Waals surface area contributed by atoms with Crippen molar-refractivity contribution in [3.05, 3.63) is 29.0 Å². The number of hydrogen-bond donors (Lipinski definition) is 1. The van der Waals surface area contributed by atoms with Gasteiger partial charge in [-0.15, -0.1) is 12.4 Å². The number of nitrogens with one attached hydrogen (secondary N) is 1. The second-order valence-electron chi connectivity index (χ2n) is 4.93. The fourth-order valence-corrected chi connectivity index (χ4v) is 2.55. The number of pyridine rings is 1. The van der Waals surface area contributed by atoms with Crippen LogP contribution in [0.4, 0.5) is 0 Å². The summed E-state index contributed by atoms with van der Waals surface area (Å²) in [6.07, 6.45) is 8.32. The highest BCUT2D eigenvalue weighted by atomic mass is 35.5. The van der Waals surface area contributed by atoms with Crippen molar-refractivity contribution in [1.29, 1.82) is 0 Å². The normalized spacial score (nSPS) is 18.5. The Labute approximate surface area is 115 Å². The fourth-order valence-electron chi connectivity index (χ4n) is 2.37. The maximum Gasteiger partial charge on any atom is 0.133 e. The Balaban J connectivity index is 0.00000144. The predicted molar refractivity (Wildman–Crippen MR) is 74.8 cm³/mol. The van der Waals surface area contributed by atoms with Gasteiger partial charge >= 0.3 is 0 Å². The van der Waals surface area contributed by atoms with E-state index < -0.39 is 0 Å². The van der Waals surface area contributed by atoms with Crippen LogP contribution < -0.4 is 5.32 Å². The highest BCUT2D eigenvalue weighted by Gasteiger charge is 2.25. The van der Waals surface area contributed by atoms with Gasteiger partial charge in [0.25, 0.3) is 0 Å². The van der Waals surface area contributed by atoms with Crippen LogP contribution in [0.1, 0.15) is 44.6 Å². The molecule has 0 bridgehead atoms. The van der Waals surface area contributed by atoms with Crippen LogP contribution in [-0.4, -0.2) is 10.5 Å². The molecular weight excluding hydrogens is 255 g/mol. The Hall–Kier alpha value is -0.310. The Morgan fingerprint density at radius 3 is 2.71 bits per heavy atom. The molecule has 1 saturated carbocycles. The van der Waals surface area contributed by atoms with E-state index in [2.05, 4.69) is 17.2 Å². The first-order valence-corrected chi connectivity index (χ1v) is 6.42. The zero-order chi connectivity index (χ0) is 11.4. The van der Waals surface area contributed by atoms with Crippen LogP contribution >= 0.6 is 24.0 Å². The van der Waals surface area contributed by atoms with Gasteiger partial charge in [-0.2, -0.15) is 0 Å². The second-order valence-corrected chi connectivity index (χ2v) is 5.29. The van der Waals surface area contributed by atoms with Gasteiger partial charge in [-0.3, -0.25) is 0 Å². The maximum atomic E-state index is 6.04. The van der Waals surface area contributed by atoms with Gasteiger partial charge in [-0.1, -0.05) is 36.9 Å². The molecule has 2 rings (SSSR count). The lowest BCUT2D eigenvalue weighted by Gasteiger charge is -2.34. The van der Waals surface area contributed by atoms with Gasteiger partial charge in [-0.25, -0.2) is 4.98 Å². The Bertz CT molecular complexity index is 349. The molecule has 1 heterocycles. The predicted octanol–water partition coefficient (Wildman–Crippen LogP) is 3.97. The third kappa shape index (κ3) is 4.13. The lowest BCUT2D eigenvalue weighted by atomic mass is 9.83. The fraction of sp³-hybridized carbons (Fsp3) is 0.615. The molecule has 2 nitrogen and oxygen atoms in total. The van der Waals surface area contributed by atoms with Gasteiger partial charge in [0, 0.05) is 23.8 Å². The van der Waals surface area contributed by atoms with E-state index in [0.29, 0.717) is 5.15 Å². The van der Waals surface area contributed by atoms with Crippen molar-refractivity contribution in [1.82, 2.24) is 10.3 Å². The second kappa shape index (κ2) is 6.58. The first-order chi connectivity index (χ1) is 7.70. The van der Waals surface area contributed by atoms with E-state index in [-0.39, 0.29) is 17.9 Å². The van der Waals surface area contributed by atoms with Gasteiger partial charge in [0.05, 0.1) is 0 Å². The molecule has 0 spiro atoms. The van der Waals surface area contributed by atoms with Crippen molar-refractivity contribution in [2.45, 2.75) is 51.1 Å². The minimum atomic E-state index is 0. The van der Waals surface area contributed by atoms with Crippen LogP contribution in [0.2, 0.25) is 5.15 Å². The molecule has 1 aliphatic rings. The zero-order valence-electron chi connectivity index (χ0n) is 10.2. The zero-order valence-corrected chi connectivity index (χ0v) is 11.8. The Morgan fingerprint density at radius 2 is 2.06 bits per heavy atom. The van der Waals surface area contributed by atoms with Crippen LogP contribution in [0.3, 0.4) is 0 Å². The first kappa shape index (κ1) is 14.7. The van der Waals surface area contributed by atoms with E-state index in [1.807, 2.05) is 12.1 Å². The third-order valence-electron chi connectivity index (χ3n) is 3.50. The molecule has 1 fully saturated rings. The van der Waals surface area contributed by atoms with Gasteiger partial charge < -0.3 is 5.32 Å². The summed E-state index contributed by atoms with van der Waals surface area (Å²) >= 11 is 6.04. The number of aromatic nitrogens is 1. The summed E-state index contributed by atoms with van der Waals surface area (Å²) in [5.41, 5.74) is 1.38. The molecule has 0 aromatic carbocycles. The molecule has 0 aliphatic heterocycles. The first-order valence-electron chi connectivity index (χ1n) is 6.04. The third-order valence-corrected chi connectivity index (χ3v) is 3.84. The summed E-state index contributed by atoms with van der Waals surface area (Å²) in [4.78, 5) is 4.09. The van der Waals surface area contributed by atoms with Crippen LogP contribution in [0.25, 0.3) is 0 Å². The summed E-state index contributed by atoms with van der Waals surface area (Å²) < 4.78 is 0. The van der Waals surface area contributed by atoms with Crippen LogP contribution in [0.5, 0.6) is 0 Å². The number of nitrogens with zero attached hydrogens (tertiary/aromatic N) is 1. The molecular formula is C13H20Cl2N2. The van der Waals surface area contributed by atoms with E-state index >= 15 is 0 Å². The maximum absolute atomic E-state index is 6.04. The van der Waals surface area contributed by atoms with Gasteiger partial charge in [0.2, 0.25) is 0 Å². The molecule has 1 aromatic heterocycles. The van der Waals surface area contributed by atoms with E-state index in [1.165, 1.54) is 32.1 Å². The van der Waals surface area contributed by atoms with Gasteiger partial charge in [0.1, 0.15) is 5.15 Å². The van der Waals surface area contributed by atoms with E-state index in [0.717, 1.165) is 12.1 Å². The minimum Gasteiger partial charge on any atom is -0.307 e. The lowest BCUT2D eigenvalue weighted by Crippen LogP contribution is -2.43. The van der Waals surface area contributed by atoms with Crippen molar-refractivity contribution < 1.29 is 0 Å². The summed E-state index contributed by atoms with van der Waals surface area (Å²) in [5.74, 6) is 0. The SMILES string of the molecule is CC1(NCc2cccnc2Cl)CCCCC1.Cl. The quantitative estimate of drug-likeness (QED) is 0.844. The van der Waals surface area contributed by atoms with Crippen molar-refractivity contribution in [3.8, 4) is 0 Å². The summed E-state index contributed by atoms with van der Waals surface area (Å²) in [5, 5.41) is 4.25. The van der Waals surface area contributed by atoms with Crippen LogP contribution in [0.15, 0.2) is 18.3 Å². The lowest BCUT2D eigenvalue weighted by molar-refractivity contribution is 0.252. The Morgan fingerprint density at radius 1 is 1.35 bits per heavy atom. The summed E-state index contributed by atoms with van der Waals surface area (Å²) in [6.45, 7) is 3.14. The van der Waals surface area contributed by atoms with Gasteiger partial charge in [0.15, 0.2) is 0 Å². The smallest absolute Gasteiger partial charge is 0.133 e. The topological polar surface area (TPSA) is 24.9 Å². The standard InChI is InChI=1S/C13H19ClN2.ClH/c1-13(7-3-2-4-8-13)16-10-11-6-5-9-15-12(11)14;/h5-6,9,16H,2-4,7-8,10H2,1H3;1H. The molecule has 1 aliphatic carbocycles. The highest BCUT2D eigenvalue weighted by molar-refractivity contribution is 6.30. The molecule has 0 atom stereocenters. The Kier molecular flexibility index (Phi) is 5.71. The van der Waals surface area contributed by atoms with E-state index in [9.17, 15) is 0 Å². The van der Waals surface area contributed by atoms with Crippen molar-refractivity contribution in [3.63, 3.8) is 0 Å². The summed E-state index contributed by atoms with van der Waals surface area (Å²) in [6, 6.07) is 3.97. The molecule has 4 heteroatoms. The molecule has 1 N–H and O–H groups in total. The largest absolute Gasteiger partial charge is 0.307 e. The number of rotatable bonds is 3. The molecule has 17 heavy (non-hydrogen) atoms. The van der Waals surface area contributed by atoms with E-state index in [4.69, 9.17) is 11.6 Å². The average molecular weight is 275 g/mol. The highest BCUT2D eigenvalue weighted by Crippen LogP contribution is 2.28. The molecule has 1 aromatic rings. The average Bonchev–Trinajstić information content (AvgIpc) is 2.29. The molecule has 0 saturated heterocycles. The monoisotopic (exact) mass is 274 g/mol. The van der Waals surface area contributed by atoms with Crippen LogP contribution in [0, 0.1) is 0 Å². The van der Waals surface area contributed by atoms with Crippen molar-refractivity contribution >= 4 is 24.0 Å². The summed E-state index contributed by atoms with van der Waals surface area (Å²) in [7, 11) is 0. The van der Waals surface area contributed by atoms with Crippen LogP contribution in [-0.2, 0) is 6.54 Å².